The SMILES string of the molecule is CN(Cc1csc(Br)c1)C(=O)c1cc(Br)ccc1I. The summed E-state index contributed by atoms with van der Waals surface area (Å²) in [6, 6.07) is 7.78. The summed E-state index contributed by atoms with van der Waals surface area (Å²) in [6.07, 6.45) is 0. The lowest BCUT2D eigenvalue weighted by Gasteiger charge is -2.17. The number of benzene rings is 1. The van der Waals surface area contributed by atoms with E-state index in [9.17, 15) is 4.79 Å². The number of carbonyl (C=O) groups excluding carboxylic acids is 1. The van der Waals surface area contributed by atoms with Crippen LogP contribution in [-0.4, -0.2) is 17.9 Å². The van der Waals surface area contributed by atoms with Crippen molar-refractivity contribution in [1.29, 1.82) is 0 Å². The largest absolute Gasteiger partial charge is 0.337 e. The molecular weight excluding hydrogens is 505 g/mol. The zero-order valence-corrected chi connectivity index (χ0v) is 16.1. The Balaban J connectivity index is 2.16. The molecular formula is C13H10Br2INOS. The first kappa shape index (κ1) is 15.5. The Bertz CT molecular complexity index is 614. The van der Waals surface area contributed by atoms with Gasteiger partial charge in [0.1, 0.15) is 0 Å². The number of thiophene rings is 1. The second-order valence-electron chi connectivity index (χ2n) is 4.04. The van der Waals surface area contributed by atoms with Gasteiger partial charge in [0.05, 0.1) is 9.35 Å². The number of hydrogen-bond donors (Lipinski definition) is 0. The van der Waals surface area contributed by atoms with Gasteiger partial charge in [-0.15, -0.1) is 11.3 Å². The fourth-order valence-electron chi connectivity index (χ4n) is 1.64. The molecule has 0 radical (unpaired) electrons. The second kappa shape index (κ2) is 6.69. The molecule has 0 aliphatic heterocycles. The second-order valence-corrected chi connectivity index (χ2v) is 8.41. The van der Waals surface area contributed by atoms with E-state index in [-0.39, 0.29) is 5.91 Å². The van der Waals surface area contributed by atoms with E-state index in [2.05, 4.69) is 59.8 Å². The molecule has 0 N–H and O–H groups in total. The van der Waals surface area contributed by atoms with E-state index in [0.29, 0.717) is 6.54 Å². The summed E-state index contributed by atoms with van der Waals surface area (Å²) in [5.74, 6) is 0.0352. The van der Waals surface area contributed by atoms with Crippen LogP contribution in [0.2, 0.25) is 0 Å². The first-order chi connectivity index (χ1) is 8.97. The minimum Gasteiger partial charge on any atom is -0.337 e. The zero-order chi connectivity index (χ0) is 14.0. The van der Waals surface area contributed by atoms with Gasteiger partial charge in [0.2, 0.25) is 0 Å². The third-order valence-electron chi connectivity index (χ3n) is 2.55. The number of amides is 1. The van der Waals surface area contributed by atoms with Gasteiger partial charge in [-0.2, -0.15) is 0 Å². The monoisotopic (exact) mass is 513 g/mol. The van der Waals surface area contributed by atoms with Gasteiger partial charge >= 0.3 is 0 Å². The standard InChI is InChI=1S/C13H10Br2INOS/c1-17(6-8-4-12(15)19-7-8)13(18)10-5-9(14)2-3-11(10)16/h2-5,7H,6H2,1H3. The Morgan fingerprint density at radius 3 is 2.74 bits per heavy atom. The summed E-state index contributed by atoms with van der Waals surface area (Å²) in [4.78, 5) is 14.2. The van der Waals surface area contributed by atoms with E-state index in [1.165, 1.54) is 0 Å². The molecule has 1 heterocycles. The van der Waals surface area contributed by atoms with Gasteiger partial charge in [0.25, 0.3) is 5.91 Å². The van der Waals surface area contributed by atoms with E-state index in [0.717, 1.165) is 23.0 Å². The number of nitrogens with zero attached hydrogens (tertiary/aromatic N) is 1. The highest BCUT2D eigenvalue weighted by molar-refractivity contribution is 14.1. The van der Waals surface area contributed by atoms with Crippen molar-refractivity contribution in [1.82, 2.24) is 4.90 Å². The first-order valence-electron chi connectivity index (χ1n) is 5.41. The molecule has 0 aliphatic rings. The van der Waals surface area contributed by atoms with Crippen molar-refractivity contribution >= 4 is 71.7 Å². The molecule has 0 unspecified atom stereocenters. The molecule has 2 rings (SSSR count). The third kappa shape index (κ3) is 4.03. The third-order valence-corrected chi connectivity index (χ3v) is 5.53. The highest BCUT2D eigenvalue weighted by atomic mass is 127. The molecule has 100 valence electrons. The Hall–Kier alpha value is 0.0800. The smallest absolute Gasteiger partial charge is 0.255 e. The summed E-state index contributed by atoms with van der Waals surface area (Å²) in [5, 5.41) is 2.06. The van der Waals surface area contributed by atoms with Gasteiger partial charge in [-0.25, -0.2) is 0 Å². The molecule has 0 saturated heterocycles. The average Bonchev–Trinajstić information content (AvgIpc) is 2.77. The van der Waals surface area contributed by atoms with Gasteiger partial charge in [-0.1, -0.05) is 15.9 Å². The summed E-state index contributed by atoms with van der Waals surface area (Å²) >= 11 is 10.7. The average molecular weight is 515 g/mol. The van der Waals surface area contributed by atoms with E-state index in [4.69, 9.17) is 0 Å². The van der Waals surface area contributed by atoms with Gasteiger partial charge in [-0.3, -0.25) is 4.79 Å². The molecule has 2 aromatic rings. The number of carbonyl (C=O) groups is 1. The highest BCUT2D eigenvalue weighted by Gasteiger charge is 2.15. The normalized spacial score (nSPS) is 10.5. The lowest BCUT2D eigenvalue weighted by Crippen LogP contribution is -2.26. The van der Waals surface area contributed by atoms with Crippen molar-refractivity contribution in [3.8, 4) is 0 Å². The predicted octanol–water partition coefficient (Wildman–Crippen LogP) is 5.15. The molecule has 0 saturated carbocycles. The Labute approximate surface area is 146 Å². The van der Waals surface area contributed by atoms with Crippen LogP contribution in [0.1, 0.15) is 15.9 Å². The quantitative estimate of drug-likeness (QED) is 0.519. The van der Waals surface area contributed by atoms with Crippen molar-refractivity contribution in [2.24, 2.45) is 0 Å². The van der Waals surface area contributed by atoms with E-state index < -0.39 is 0 Å². The van der Waals surface area contributed by atoms with E-state index in [1.807, 2.05) is 31.3 Å². The maximum absolute atomic E-state index is 12.4. The van der Waals surface area contributed by atoms with Crippen molar-refractivity contribution in [3.63, 3.8) is 0 Å². The fraction of sp³-hybridized carbons (Fsp3) is 0.154. The summed E-state index contributed by atoms with van der Waals surface area (Å²) in [7, 11) is 1.82. The molecule has 0 spiro atoms. The van der Waals surface area contributed by atoms with Gasteiger partial charge in [0.15, 0.2) is 0 Å². The first-order valence-corrected chi connectivity index (χ1v) is 8.95. The van der Waals surface area contributed by atoms with Crippen molar-refractivity contribution in [2.45, 2.75) is 6.54 Å². The van der Waals surface area contributed by atoms with Gasteiger partial charge < -0.3 is 4.90 Å². The molecule has 6 heteroatoms. The summed E-state index contributed by atoms with van der Waals surface area (Å²) in [5.41, 5.74) is 1.87. The van der Waals surface area contributed by atoms with Crippen molar-refractivity contribution in [2.75, 3.05) is 7.05 Å². The maximum atomic E-state index is 12.4. The van der Waals surface area contributed by atoms with E-state index >= 15 is 0 Å². The number of halogens is 3. The Kier molecular flexibility index (Phi) is 5.45. The lowest BCUT2D eigenvalue weighted by molar-refractivity contribution is 0.0784. The van der Waals surface area contributed by atoms with Crippen LogP contribution in [0.5, 0.6) is 0 Å². The minimum absolute atomic E-state index is 0.0352. The predicted molar refractivity (Wildman–Crippen MR) is 94.7 cm³/mol. The lowest BCUT2D eigenvalue weighted by atomic mass is 10.2. The molecule has 0 fully saturated rings. The molecule has 1 amide bonds. The topological polar surface area (TPSA) is 20.3 Å². The van der Waals surface area contributed by atoms with Crippen molar-refractivity contribution in [3.05, 3.63) is 52.6 Å². The Morgan fingerprint density at radius 2 is 2.11 bits per heavy atom. The van der Waals surface area contributed by atoms with Crippen LogP contribution in [0.4, 0.5) is 0 Å². The van der Waals surface area contributed by atoms with Crippen LogP contribution in [0, 0.1) is 3.57 Å². The maximum Gasteiger partial charge on any atom is 0.255 e. The fourth-order valence-corrected chi connectivity index (χ4v) is 3.77. The summed E-state index contributed by atoms with van der Waals surface area (Å²) in [6.45, 7) is 0.615. The molecule has 1 aromatic heterocycles. The molecule has 0 atom stereocenters. The minimum atomic E-state index is 0.0352. The van der Waals surface area contributed by atoms with Crippen LogP contribution in [-0.2, 0) is 6.54 Å². The number of rotatable bonds is 3. The van der Waals surface area contributed by atoms with Crippen molar-refractivity contribution < 1.29 is 4.79 Å². The van der Waals surface area contributed by atoms with Gasteiger partial charge in [0, 0.05) is 21.6 Å². The molecule has 2 nitrogen and oxygen atoms in total. The molecule has 19 heavy (non-hydrogen) atoms. The summed E-state index contributed by atoms with van der Waals surface area (Å²) < 4.78 is 2.97. The molecule has 0 aliphatic carbocycles. The van der Waals surface area contributed by atoms with E-state index in [1.54, 1.807) is 16.2 Å². The highest BCUT2D eigenvalue weighted by Crippen LogP contribution is 2.23. The van der Waals surface area contributed by atoms with Crippen LogP contribution >= 0.6 is 65.8 Å². The van der Waals surface area contributed by atoms with Crippen LogP contribution in [0.3, 0.4) is 0 Å². The zero-order valence-electron chi connectivity index (χ0n) is 9.99. The molecule has 0 bridgehead atoms. The number of hydrogen-bond acceptors (Lipinski definition) is 2. The van der Waals surface area contributed by atoms with Crippen LogP contribution < -0.4 is 0 Å². The van der Waals surface area contributed by atoms with Crippen LogP contribution in [0.25, 0.3) is 0 Å². The Morgan fingerprint density at radius 1 is 1.37 bits per heavy atom. The van der Waals surface area contributed by atoms with Crippen LogP contribution in [0.15, 0.2) is 37.9 Å². The van der Waals surface area contributed by atoms with Gasteiger partial charge in [-0.05, 0) is 73.7 Å². The molecule has 1 aromatic carbocycles.